The first-order valence-electron chi connectivity index (χ1n) is 12.7. The molecule has 2 aromatic carbocycles. The number of aryl methyl sites for hydroxylation is 1. The van der Waals surface area contributed by atoms with E-state index >= 15 is 0 Å². The van der Waals surface area contributed by atoms with Gasteiger partial charge in [-0.15, -0.1) is 6.42 Å². The maximum atomic E-state index is 13.5. The number of hydrogen-bond acceptors (Lipinski definition) is 5. The fourth-order valence-electron chi connectivity index (χ4n) is 4.21. The molecule has 38 heavy (non-hydrogen) atoms. The van der Waals surface area contributed by atoms with Crippen LogP contribution >= 0.6 is 8.15 Å². The second kappa shape index (κ2) is 11.5. The smallest absolute Gasteiger partial charge is 0.250 e. The largest absolute Gasteiger partial charge is 0.473 e. The molecule has 5 nitrogen and oxygen atoms in total. The lowest BCUT2D eigenvalue weighted by Gasteiger charge is -2.16. The first kappa shape index (κ1) is 27.5. The van der Waals surface area contributed by atoms with Gasteiger partial charge in [0.2, 0.25) is 11.9 Å². The van der Waals surface area contributed by atoms with Crippen LogP contribution in [-0.4, -0.2) is 34.8 Å². The zero-order valence-corrected chi connectivity index (χ0v) is 23.1. The Hall–Kier alpha value is -3.49. The molecule has 1 saturated carbocycles. The van der Waals surface area contributed by atoms with Gasteiger partial charge in [-0.2, -0.15) is 0 Å². The molecule has 198 valence electrons. The normalized spacial score (nSPS) is 17.3. The number of terminal acetylenes is 1. The Bertz CT molecular complexity index is 1350. The predicted molar refractivity (Wildman–Crippen MR) is 153 cm³/mol. The molecule has 0 aliphatic heterocycles. The molecule has 2 N–H and O–H groups in total. The summed E-state index contributed by atoms with van der Waals surface area (Å²) < 4.78 is 33.1. The lowest BCUT2D eigenvalue weighted by atomic mass is 10.0. The Morgan fingerprint density at radius 2 is 1.92 bits per heavy atom. The molecule has 3 aromatic rings. The monoisotopic (exact) mass is 534 g/mol. The zero-order valence-electron chi connectivity index (χ0n) is 22.2. The highest BCUT2D eigenvalue weighted by atomic mass is 31.1. The van der Waals surface area contributed by atoms with Gasteiger partial charge in [0.25, 0.3) is 0 Å². The van der Waals surface area contributed by atoms with Crippen molar-refractivity contribution in [3.63, 3.8) is 0 Å². The number of benzene rings is 2. The van der Waals surface area contributed by atoms with Gasteiger partial charge in [-0.3, -0.25) is 0 Å². The van der Waals surface area contributed by atoms with Crippen LogP contribution in [0.1, 0.15) is 43.9 Å². The summed E-state index contributed by atoms with van der Waals surface area (Å²) in [5.74, 6) is 0.546. The van der Waals surface area contributed by atoms with Crippen LogP contribution in [0.4, 0.5) is 20.4 Å². The van der Waals surface area contributed by atoms with Crippen LogP contribution in [0.15, 0.2) is 55.4 Å². The first-order valence-corrected chi connectivity index (χ1v) is 14.6. The van der Waals surface area contributed by atoms with Crippen molar-refractivity contribution >= 4 is 25.5 Å². The summed E-state index contributed by atoms with van der Waals surface area (Å²) in [7, 11) is -0.588. The van der Waals surface area contributed by atoms with Crippen LogP contribution in [0, 0.1) is 18.3 Å². The summed E-state index contributed by atoms with van der Waals surface area (Å²) in [6, 6.07) is 11.4. The minimum absolute atomic E-state index is 0.237. The summed E-state index contributed by atoms with van der Waals surface area (Å²) in [6.07, 6.45) is 11.3. The number of alkyl halides is 2. The van der Waals surface area contributed by atoms with Crippen LogP contribution in [-0.2, 0) is 6.42 Å². The molecule has 1 aromatic heterocycles. The molecule has 1 heterocycles. The Labute approximate surface area is 225 Å². The first-order chi connectivity index (χ1) is 18.1. The molecule has 3 atom stereocenters. The Kier molecular flexibility index (Phi) is 8.33. The van der Waals surface area contributed by atoms with Crippen molar-refractivity contribution in [3.05, 3.63) is 72.1 Å². The summed E-state index contributed by atoms with van der Waals surface area (Å²) in [5.41, 5.74) is 5.96. The molecule has 4 rings (SSSR count). The highest BCUT2D eigenvalue weighted by Crippen LogP contribution is 2.44. The van der Waals surface area contributed by atoms with Crippen molar-refractivity contribution < 1.29 is 13.3 Å². The molecule has 0 radical (unpaired) electrons. The van der Waals surface area contributed by atoms with Gasteiger partial charge in [0, 0.05) is 41.3 Å². The van der Waals surface area contributed by atoms with E-state index in [9.17, 15) is 8.78 Å². The van der Waals surface area contributed by atoms with Crippen molar-refractivity contribution in [2.45, 2.75) is 45.6 Å². The lowest BCUT2D eigenvalue weighted by Crippen LogP contribution is -2.23. The van der Waals surface area contributed by atoms with Crippen LogP contribution in [0.3, 0.4) is 0 Å². The Morgan fingerprint density at radius 1 is 1.18 bits per heavy atom. The maximum Gasteiger partial charge on any atom is 0.250 e. The number of nitrogens with zero attached hydrogens (tertiary/aromatic N) is 2. The van der Waals surface area contributed by atoms with Gasteiger partial charge in [0.1, 0.15) is 5.75 Å². The Morgan fingerprint density at radius 3 is 2.53 bits per heavy atom. The van der Waals surface area contributed by atoms with Gasteiger partial charge < -0.3 is 15.2 Å². The van der Waals surface area contributed by atoms with E-state index in [1.807, 2.05) is 36.4 Å². The molecule has 1 aliphatic rings. The molecular weight excluding hydrogens is 501 g/mol. The summed E-state index contributed by atoms with van der Waals surface area (Å²) >= 11 is 0. The Balaban J connectivity index is 1.46. The fourth-order valence-corrected chi connectivity index (χ4v) is 4.82. The number of rotatable bonds is 11. The fraction of sp³-hybridized carbons (Fsp3) is 0.333. The summed E-state index contributed by atoms with van der Waals surface area (Å²) in [5, 5.41) is 6.45. The average molecular weight is 535 g/mol. The number of aromatic nitrogens is 2. The van der Waals surface area contributed by atoms with Crippen LogP contribution in [0.2, 0.25) is 0 Å². The van der Waals surface area contributed by atoms with E-state index in [-0.39, 0.29) is 6.04 Å². The van der Waals surface area contributed by atoms with E-state index in [2.05, 4.69) is 53.6 Å². The molecule has 2 unspecified atom stereocenters. The van der Waals surface area contributed by atoms with E-state index in [0.29, 0.717) is 23.8 Å². The third kappa shape index (κ3) is 6.49. The minimum Gasteiger partial charge on any atom is -0.473 e. The second-order valence-electron chi connectivity index (χ2n) is 9.56. The molecule has 1 aliphatic carbocycles. The third-order valence-corrected chi connectivity index (χ3v) is 8.10. The average Bonchev–Trinajstić information content (AvgIpc) is 3.69. The van der Waals surface area contributed by atoms with Gasteiger partial charge in [0.05, 0.1) is 13.7 Å². The van der Waals surface area contributed by atoms with E-state index in [1.165, 1.54) is 0 Å². The van der Waals surface area contributed by atoms with Crippen molar-refractivity contribution in [2.24, 2.45) is 5.92 Å². The quantitative estimate of drug-likeness (QED) is 0.198. The SMILES string of the molecule is C#Cc1ccc(-c2cnc(Nc3ccc(C(=C)NC4CC4C(C)(F)F)cc3CC)nc2)cc1O[P@@](C)CC. The van der Waals surface area contributed by atoms with E-state index in [4.69, 9.17) is 10.9 Å². The van der Waals surface area contributed by atoms with Crippen molar-refractivity contribution in [1.29, 1.82) is 0 Å². The second-order valence-corrected chi connectivity index (χ2v) is 11.6. The van der Waals surface area contributed by atoms with Crippen LogP contribution < -0.4 is 15.2 Å². The van der Waals surface area contributed by atoms with Gasteiger partial charge in [0.15, 0.2) is 0 Å². The lowest BCUT2D eigenvalue weighted by molar-refractivity contribution is -0.00443. The maximum absolute atomic E-state index is 13.5. The minimum atomic E-state index is -2.68. The molecule has 8 heteroatoms. The van der Waals surface area contributed by atoms with Crippen LogP contribution in [0.25, 0.3) is 16.8 Å². The topological polar surface area (TPSA) is 59.1 Å². The van der Waals surface area contributed by atoms with Gasteiger partial charge in [-0.1, -0.05) is 38.5 Å². The van der Waals surface area contributed by atoms with Crippen LogP contribution in [0.5, 0.6) is 5.75 Å². The van der Waals surface area contributed by atoms with E-state index in [0.717, 1.165) is 53.0 Å². The molecule has 0 saturated heterocycles. The third-order valence-electron chi connectivity index (χ3n) is 6.70. The number of halogens is 2. The highest BCUT2D eigenvalue weighted by molar-refractivity contribution is 7.52. The highest BCUT2D eigenvalue weighted by Gasteiger charge is 2.51. The zero-order chi connectivity index (χ0) is 27.4. The molecule has 0 amide bonds. The predicted octanol–water partition coefficient (Wildman–Crippen LogP) is 7.46. The van der Waals surface area contributed by atoms with Gasteiger partial charge in [-0.05, 0) is 73.5 Å². The molecule has 0 bridgehead atoms. The van der Waals surface area contributed by atoms with Crippen molar-refractivity contribution in [1.82, 2.24) is 15.3 Å². The van der Waals surface area contributed by atoms with Gasteiger partial charge >= 0.3 is 0 Å². The standard InChI is InChI=1S/C30H33F2N4OP/c1-7-20-10-11-23(15-28(20)37-38(6)9-3)24-17-33-29(34-18-24)36-26-13-12-22(14-21(26)8-2)19(4)35-27-16-25(27)30(5,31)32/h1,10-15,17-18,25,27,35H,4,8-9,16H2,2-3,5-6H3,(H,33,34,36)/t25?,27?,38-/m0/s1. The van der Waals surface area contributed by atoms with E-state index in [1.54, 1.807) is 12.4 Å². The molecule has 0 spiro atoms. The summed E-state index contributed by atoms with van der Waals surface area (Å²) in [6.45, 7) is 11.3. The molecule has 1 fully saturated rings. The number of anilines is 2. The number of nitrogens with one attached hydrogen (secondary N) is 2. The number of hydrogen-bond donors (Lipinski definition) is 2. The van der Waals surface area contributed by atoms with Crippen molar-refractivity contribution in [3.8, 4) is 29.2 Å². The molecular formula is C30H33F2N4OP. The van der Waals surface area contributed by atoms with E-state index < -0.39 is 20.0 Å². The van der Waals surface area contributed by atoms with Gasteiger partial charge in [-0.25, -0.2) is 18.7 Å². The van der Waals surface area contributed by atoms with Crippen molar-refractivity contribution in [2.75, 3.05) is 18.1 Å². The summed E-state index contributed by atoms with van der Waals surface area (Å²) in [4.78, 5) is 9.02.